The van der Waals surface area contributed by atoms with Crippen LogP contribution < -0.4 is 0 Å². The fraction of sp³-hybridized carbons (Fsp3) is 0. The minimum absolute atomic E-state index is 0.618. The number of hydrogen-bond acceptors (Lipinski definition) is 13. The lowest BCUT2D eigenvalue weighted by molar-refractivity contribution is 1.07. The van der Waals surface area contributed by atoms with Crippen LogP contribution in [0.3, 0.4) is 0 Å². The van der Waals surface area contributed by atoms with Gasteiger partial charge >= 0.3 is 0 Å². The molecular weight excluding hydrogens is 1480 g/mol. The zero-order valence-electron chi connectivity index (χ0n) is 63.3. The summed E-state index contributed by atoms with van der Waals surface area (Å²) in [7, 11) is 0. The number of para-hydroxylation sites is 3. The molecule has 118 heavy (non-hydrogen) atoms. The van der Waals surface area contributed by atoms with Gasteiger partial charge in [0.2, 0.25) is 0 Å². The first-order valence-electron chi connectivity index (χ1n) is 39.0. The molecule has 0 radical (unpaired) electrons. The van der Waals surface area contributed by atoms with Crippen LogP contribution in [-0.4, -0.2) is 54.8 Å². The smallest absolute Gasteiger partial charge is 0.164 e. The van der Waals surface area contributed by atoms with Crippen LogP contribution >= 0.6 is 22.7 Å². The highest BCUT2D eigenvalue weighted by Gasteiger charge is 2.21. The second-order valence-corrected chi connectivity index (χ2v) is 31.0. The monoisotopic (exact) mass is 1540 g/mol. The van der Waals surface area contributed by atoms with E-state index in [2.05, 4.69) is 279 Å². The van der Waals surface area contributed by atoms with Crippen LogP contribution in [-0.2, 0) is 0 Å². The number of aromatic nitrogens is 11. The Morgan fingerprint density at radius 1 is 0.178 bits per heavy atom. The number of thiophene rings is 2. The maximum absolute atomic E-state index is 5.06. The van der Waals surface area contributed by atoms with Gasteiger partial charge in [0.15, 0.2) is 34.9 Å². The molecule has 0 saturated heterocycles. The molecule has 0 fully saturated rings. The Kier molecular flexibility index (Phi) is 18.4. The quantitative estimate of drug-likeness (QED) is 0.103. The minimum Gasteiger partial charge on any atom is -0.243 e. The van der Waals surface area contributed by atoms with E-state index in [0.29, 0.717) is 34.9 Å². The van der Waals surface area contributed by atoms with Gasteiger partial charge < -0.3 is 0 Å². The lowest BCUT2D eigenvalue weighted by atomic mass is 9.95. The van der Waals surface area contributed by atoms with Crippen molar-refractivity contribution in [2.75, 3.05) is 0 Å². The van der Waals surface area contributed by atoms with Crippen molar-refractivity contribution in [1.29, 1.82) is 0 Å². The van der Waals surface area contributed by atoms with Crippen molar-refractivity contribution in [2.24, 2.45) is 0 Å². The van der Waals surface area contributed by atoms with E-state index in [1.54, 1.807) is 29.0 Å². The van der Waals surface area contributed by atoms with Gasteiger partial charge in [-0.25, -0.2) is 54.8 Å². The SMILES string of the molecule is c1ccc(-c2ccc(-c3nc(-c4ccccc4)nc(-c4cccc(-c5cccc(-c6cccc(-c7ccc8c(c7)sc7nc9ccccc9nc78)c6)c5)c4)n3)cc2)cc1.c1ccc(-c2ccc(-c3nc(-c4ccccc4)nc(-c4cccc(-c5cccc(-c6cccc(-c7ncnc8c7sc7nc9ccccc9cc78)c6)c5)c4)n3)cc2)cc1. The maximum Gasteiger partial charge on any atom is 0.164 e. The summed E-state index contributed by atoms with van der Waals surface area (Å²) in [6.45, 7) is 0. The predicted molar refractivity (Wildman–Crippen MR) is 486 cm³/mol. The van der Waals surface area contributed by atoms with Crippen molar-refractivity contribution in [2.45, 2.75) is 0 Å². The van der Waals surface area contributed by atoms with E-state index in [9.17, 15) is 0 Å². The average molecular weight is 1540 g/mol. The van der Waals surface area contributed by atoms with Crippen LogP contribution in [0.25, 0.3) is 220 Å². The summed E-state index contributed by atoms with van der Waals surface area (Å²) in [6.07, 6.45) is 1.67. The van der Waals surface area contributed by atoms with Crippen LogP contribution in [0, 0.1) is 0 Å². The normalized spacial score (nSPS) is 11.4. The molecule has 0 aliphatic heterocycles. The molecule has 0 saturated carbocycles. The molecular formula is C105H65N11S2. The molecule has 0 spiro atoms. The summed E-state index contributed by atoms with van der Waals surface area (Å²) in [5.41, 5.74) is 28.1. The van der Waals surface area contributed by atoms with Gasteiger partial charge in [-0.3, -0.25) is 0 Å². The molecule has 0 unspecified atom stereocenters. The molecule has 7 heterocycles. The van der Waals surface area contributed by atoms with Gasteiger partial charge in [0, 0.05) is 59.8 Å². The standard InChI is InChI=1S/C53H33N5S.C52H32N6S/c1-3-12-34(13-4-1)35-24-26-37(27-25-35)51-56-50(36-14-5-2-6-15-36)57-52(58-51)44-21-11-20-42(32-44)40-18-9-16-38(30-40)39-17-10-19-41(31-39)43-28-29-45-48(33-43)59-53-49(45)54-46-22-7-8-23-47(46)55-53;1-3-12-33(13-4-1)34-24-26-36(27-25-34)50-56-49(35-14-5-2-6-15-35)57-51(58-50)43-22-11-20-40(30-43)38-18-9-17-37(28-38)39-19-10-21-42(29-39)46-48-47(54-32-53-46)44-31-41-16-7-8-23-45(41)55-52(44)59-48/h1-33H;1-32H. The molecule has 15 aromatic carbocycles. The summed E-state index contributed by atoms with van der Waals surface area (Å²) in [5, 5.41) is 3.30. The Balaban J connectivity index is 0.000000147. The number of fused-ring (bicyclic) bond motifs is 8. The van der Waals surface area contributed by atoms with Gasteiger partial charge in [-0.1, -0.05) is 322 Å². The van der Waals surface area contributed by atoms with Gasteiger partial charge in [0.05, 0.1) is 32.5 Å². The van der Waals surface area contributed by atoms with Gasteiger partial charge in [-0.2, -0.15) is 0 Å². The first-order valence-corrected chi connectivity index (χ1v) is 40.6. The van der Waals surface area contributed by atoms with Gasteiger partial charge in [-0.05, 0) is 145 Å². The molecule has 0 bridgehead atoms. The molecule has 0 amide bonds. The molecule has 11 nitrogen and oxygen atoms in total. The summed E-state index contributed by atoms with van der Waals surface area (Å²) in [5.74, 6) is 3.77. The number of pyridine rings is 1. The van der Waals surface area contributed by atoms with Gasteiger partial charge in [0.1, 0.15) is 21.5 Å². The lowest BCUT2D eigenvalue weighted by Crippen LogP contribution is -2.00. The highest BCUT2D eigenvalue weighted by Crippen LogP contribution is 2.42. The third-order valence-corrected chi connectivity index (χ3v) is 23.5. The fourth-order valence-corrected chi connectivity index (χ4v) is 17.6. The molecule has 0 aliphatic rings. The average Bonchev–Trinajstić information content (AvgIpc) is 1.60. The number of hydrogen-bond donors (Lipinski definition) is 0. The van der Waals surface area contributed by atoms with Crippen molar-refractivity contribution >= 4 is 85.5 Å². The highest BCUT2D eigenvalue weighted by molar-refractivity contribution is 7.26. The van der Waals surface area contributed by atoms with E-state index in [0.717, 1.165) is 170 Å². The van der Waals surface area contributed by atoms with E-state index >= 15 is 0 Å². The largest absolute Gasteiger partial charge is 0.243 e. The number of rotatable bonds is 14. The molecule has 0 atom stereocenters. The molecule has 13 heteroatoms. The summed E-state index contributed by atoms with van der Waals surface area (Å²) < 4.78 is 2.22. The molecule has 7 aromatic heterocycles. The van der Waals surface area contributed by atoms with Crippen LogP contribution in [0.2, 0.25) is 0 Å². The fourth-order valence-electron chi connectivity index (χ4n) is 15.4. The Hall–Kier alpha value is -15.4. The van der Waals surface area contributed by atoms with Crippen LogP contribution in [0.5, 0.6) is 0 Å². The highest BCUT2D eigenvalue weighted by atomic mass is 32.1. The van der Waals surface area contributed by atoms with E-state index in [1.807, 2.05) is 109 Å². The van der Waals surface area contributed by atoms with Crippen molar-refractivity contribution < 1.29 is 0 Å². The van der Waals surface area contributed by atoms with Crippen molar-refractivity contribution in [1.82, 2.24) is 54.8 Å². The van der Waals surface area contributed by atoms with E-state index < -0.39 is 0 Å². The van der Waals surface area contributed by atoms with Crippen LogP contribution in [0.15, 0.2) is 395 Å². The molecule has 22 aromatic rings. The third-order valence-electron chi connectivity index (χ3n) is 21.4. The lowest BCUT2D eigenvalue weighted by Gasteiger charge is -2.11. The zero-order chi connectivity index (χ0) is 78.2. The molecule has 552 valence electrons. The Morgan fingerprint density at radius 3 is 0.949 bits per heavy atom. The van der Waals surface area contributed by atoms with E-state index in [-0.39, 0.29) is 0 Å². The summed E-state index contributed by atoms with van der Waals surface area (Å²) in [6, 6.07) is 135. The first-order chi connectivity index (χ1) is 58.4. The Morgan fingerprint density at radius 2 is 0.492 bits per heavy atom. The minimum atomic E-state index is 0.618. The summed E-state index contributed by atoms with van der Waals surface area (Å²) in [4.78, 5) is 56.4. The molecule has 0 aliphatic carbocycles. The van der Waals surface area contributed by atoms with E-state index in [1.165, 1.54) is 15.8 Å². The molecule has 0 N–H and O–H groups in total. The van der Waals surface area contributed by atoms with Crippen LogP contribution in [0.4, 0.5) is 0 Å². The summed E-state index contributed by atoms with van der Waals surface area (Å²) >= 11 is 3.34. The third kappa shape index (κ3) is 14.1. The van der Waals surface area contributed by atoms with Crippen molar-refractivity contribution in [3.05, 3.63) is 395 Å². The van der Waals surface area contributed by atoms with Crippen molar-refractivity contribution in [3.8, 4) is 157 Å². The molecule has 22 rings (SSSR count). The van der Waals surface area contributed by atoms with Gasteiger partial charge in [0.25, 0.3) is 0 Å². The van der Waals surface area contributed by atoms with E-state index in [4.69, 9.17) is 54.8 Å². The second kappa shape index (κ2) is 30.8. The zero-order valence-corrected chi connectivity index (χ0v) is 64.9. The van der Waals surface area contributed by atoms with Crippen molar-refractivity contribution in [3.63, 3.8) is 0 Å². The Bertz CT molecular complexity index is 7550. The number of nitrogens with zero attached hydrogens (tertiary/aromatic N) is 11. The Labute approximate surface area is 687 Å². The number of benzene rings is 15. The second-order valence-electron chi connectivity index (χ2n) is 28.9. The van der Waals surface area contributed by atoms with Crippen LogP contribution in [0.1, 0.15) is 0 Å². The first kappa shape index (κ1) is 70.5. The van der Waals surface area contributed by atoms with Gasteiger partial charge in [-0.15, -0.1) is 22.7 Å². The predicted octanol–water partition coefficient (Wildman–Crippen LogP) is 27.1. The maximum atomic E-state index is 5.06. The topological polar surface area (TPSA) is 142 Å².